The molecule has 3 N–H and O–H groups in total. The third-order valence-corrected chi connectivity index (χ3v) is 5.54. The molecule has 1 heterocycles. The van der Waals surface area contributed by atoms with Crippen molar-refractivity contribution in [2.75, 3.05) is 25.5 Å². The van der Waals surface area contributed by atoms with Gasteiger partial charge in [-0.3, -0.25) is 0 Å². The van der Waals surface area contributed by atoms with Crippen molar-refractivity contribution in [1.82, 2.24) is 4.72 Å². The molecular weight excluding hydrogens is 323 g/mol. The number of anilines is 1. The molecule has 1 aliphatic rings. The maximum absolute atomic E-state index is 12.3. The van der Waals surface area contributed by atoms with Crippen molar-refractivity contribution in [1.29, 1.82) is 0 Å². The number of sulfonamides is 1. The molecule has 0 bridgehead atoms. The Balaban J connectivity index is 2.14. The van der Waals surface area contributed by atoms with E-state index in [1.807, 2.05) is 0 Å². The molecule has 1 aromatic rings. The van der Waals surface area contributed by atoms with E-state index in [0.29, 0.717) is 25.4 Å². The van der Waals surface area contributed by atoms with Crippen LogP contribution >= 0.6 is 23.2 Å². The van der Waals surface area contributed by atoms with Gasteiger partial charge >= 0.3 is 0 Å². The summed E-state index contributed by atoms with van der Waals surface area (Å²) in [6.45, 7) is 1.67. The Morgan fingerprint density at radius 2 is 1.80 bits per heavy atom. The van der Waals surface area contributed by atoms with Gasteiger partial charge in [-0.05, 0) is 30.9 Å². The van der Waals surface area contributed by atoms with E-state index in [-0.39, 0.29) is 20.9 Å². The fourth-order valence-corrected chi connectivity index (χ4v) is 4.43. The average molecular weight is 339 g/mol. The quantitative estimate of drug-likeness (QED) is 0.825. The third-order valence-electron chi connectivity index (χ3n) is 3.19. The van der Waals surface area contributed by atoms with E-state index in [1.165, 1.54) is 12.1 Å². The zero-order chi connectivity index (χ0) is 14.8. The second kappa shape index (κ2) is 6.49. The highest BCUT2D eigenvalue weighted by Crippen LogP contribution is 2.31. The second-order valence-corrected chi connectivity index (χ2v) is 7.24. The SMILES string of the molecule is Nc1cc(Cl)c(S(=O)(=O)NCC2CCOCC2)c(Cl)c1. The van der Waals surface area contributed by atoms with Crippen LogP contribution in [0.5, 0.6) is 0 Å². The first-order chi connectivity index (χ1) is 9.40. The van der Waals surface area contributed by atoms with Crippen LogP contribution in [-0.4, -0.2) is 28.2 Å². The summed E-state index contributed by atoms with van der Waals surface area (Å²) in [6.07, 6.45) is 1.68. The average Bonchev–Trinajstić information content (AvgIpc) is 2.36. The van der Waals surface area contributed by atoms with Crippen LogP contribution in [0.1, 0.15) is 12.8 Å². The molecular formula is C12H16Cl2N2O3S. The lowest BCUT2D eigenvalue weighted by Crippen LogP contribution is -2.32. The van der Waals surface area contributed by atoms with Crippen LogP contribution in [0.3, 0.4) is 0 Å². The number of rotatable bonds is 4. The van der Waals surface area contributed by atoms with Crippen LogP contribution in [0.15, 0.2) is 17.0 Å². The number of hydrogen-bond acceptors (Lipinski definition) is 4. The topological polar surface area (TPSA) is 81.4 Å². The van der Waals surface area contributed by atoms with Gasteiger partial charge in [0.2, 0.25) is 10.0 Å². The van der Waals surface area contributed by atoms with E-state index in [4.69, 9.17) is 33.7 Å². The summed E-state index contributed by atoms with van der Waals surface area (Å²) >= 11 is 11.9. The van der Waals surface area contributed by atoms with Gasteiger partial charge in [-0.25, -0.2) is 13.1 Å². The predicted octanol–water partition coefficient (Wildman–Crippen LogP) is 2.28. The highest BCUT2D eigenvalue weighted by molar-refractivity contribution is 7.89. The van der Waals surface area contributed by atoms with Crippen LogP contribution in [0.4, 0.5) is 5.69 Å². The van der Waals surface area contributed by atoms with Gasteiger partial charge < -0.3 is 10.5 Å². The van der Waals surface area contributed by atoms with Gasteiger partial charge in [-0.2, -0.15) is 0 Å². The van der Waals surface area contributed by atoms with Crippen molar-refractivity contribution in [2.45, 2.75) is 17.7 Å². The molecule has 0 saturated carbocycles. The third kappa shape index (κ3) is 3.77. The normalized spacial score (nSPS) is 17.3. The summed E-state index contributed by atoms with van der Waals surface area (Å²) in [5, 5.41) is 0.0453. The summed E-state index contributed by atoms with van der Waals surface area (Å²) in [5.74, 6) is 0.268. The van der Waals surface area contributed by atoms with Gasteiger partial charge in [0.15, 0.2) is 0 Å². The largest absolute Gasteiger partial charge is 0.399 e. The van der Waals surface area contributed by atoms with Crippen molar-refractivity contribution in [3.8, 4) is 0 Å². The first-order valence-electron chi connectivity index (χ1n) is 6.22. The number of nitrogens with one attached hydrogen (secondary N) is 1. The molecule has 0 aromatic heterocycles. The minimum atomic E-state index is -3.75. The summed E-state index contributed by atoms with van der Waals surface area (Å²) in [6, 6.07) is 2.74. The molecule has 8 heteroatoms. The molecule has 5 nitrogen and oxygen atoms in total. The zero-order valence-corrected chi connectivity index (χ0v) is 13.1. The van der Waals surface area contributed by atoms with Gasteiger partial charge in [-0.15, -0.1) is 0 Å². The van der Waals surface area contributed by atoms with E-state index in [2.05, 4.69) is 4.72 Å². The smallest absolute Gasteiger partial charge is 0.243 e. The number of hydrogen-bond donors (Lipinski definition) is 2. The van der Waals surface area contributed by atoms with E-state index in [9.17, 15) is 8.42 Å². The summed E-state index contributed by atoms with van der Waals surface area (Å²) in [5.41, 5.74) is 5.89. The molecule has 1 saturated heterocycles. The number of halogens is 2. The van der Waals surface area contributed by atoms with E-state index >= 15 is 0 Å². The number of benzene rings is 1. The van der Waals surface area contributed by atoms with Crippen LogP contribution < -0.4 is 10.5 Å². The second-order valence-electron chi connectivity index (χ2n) is 4.72. The summed E-state index contributed by atoms with van der Waals surface area (Å²) in [7, 11) is -3.75. The van der Waals surface area contributed by atoms with Gasteiger partial charge in [0, 0.05) is 25.4 Å². The number of ether oxygens (including phenoxy) is 1. The van der Waals surface area contributed by atoms with E-state index in [0.717, 1.165) is 12.8 Å². The lowest BCUT2D eigenvalue weighted by Gasteiger charge is -2.22. The molecule has 1 aromatic carbocycles. The molecule has 1 fully saturated rings. The van der Waals surface area contributed by atoms with Crippen molar-refractivity contribution < 1.29 is 13.2 Å². The van der Waals surface area contributed by atoms with Gasteiger partial charge in [0.25, 0.3) is 0 Å². The van der Waals surface area contributed by atoms with Crippen LogP contribution in [0, 0.1) is 5.92 Å². The maximum atomic E-state index is 12.3. The fourth-order valence-electron chi connectivity index (χ4n) is 2.09. The minimum absolute atomic E-state index is 0.0227. The fraction of sp³-hybridized carbons (Fsp3) is 0.500. The highest BCUT2D eigenvalue weighted by atomic mass is 35.5. The molecule has 1 aliphatic heterocycles. The lowest BCUT2D eigenvalue weighted by atomic mass is 10.0. The minimum Gasteiger partial charge on any atom is -0.399 e. The molecule has 0 aliphatic carbocycles. The van der Waals surface area contributed by atoms with E-state index in [1.54, 1.807) is 0 Å². The zero-order valence-electron chi connectivity index (χ0n) is 10.7. The highest BCUT2D eigenvalue weighted by Gasteiger charge is 2.24. The van der Waals surface area contributed by atoms with Crippen molar-refractivity contribution in [3.63, 3.8) is 0 Å². The molecule has 0 atom stereocenters. The first kappa shape index (κ1) is 15.9. The molecule has 0 unspecified atom stereocenters. The molecule has 2 rings (SSSR count). The Morgan fingerprint density at radius 1 is 1.25 bits per heavy atom. The molecule has 112 valence electrons. The van der Waals surface area contributed by atoms with Crippen molar-refractivity contribution >= 4 is 38.9 Å². The Kier molecular flexibility index (Phi) is 5.14. The predicted molar refractivity (Wildman–Crippen MR) is 79.6 cm³/mol. The first-order valence-corrected chi connectivity index (χ1v) is 8.46. The molecule has 0 radical (unpaired) electrons. The van der Waals surface area contributed by atoms with Crippen molar-refractivity contribution in [3.05, 3.63) is 22.2 Å². The Hall–Kier alpha value is -0.530. The van der Waals surface area contributed by atoms with Crippen molar-refractivity contribution in [2.24, 2.45) is 5.92 Å². The van der Waals surface area contributed by atoms with E-state index < -0.39 is 10.0 Å². The van der Waals surface area contributed by atoms with Crippen LogP contribution in [-0.2, 0) is 14.8 Å². The molecule has 0 amide bonds. The Labute approximate surface area is 128 Å². The number of nitrogen functional groups attached to an aromatic ring is 1. The summed E-state index contributed by atoms with van der Waals surface area (Å²) in [4.78, 5) is -0.123. The molecule has 20 heavy (non-hydrogen) atoms. The van der Waals surface area contributed by atoms with Gasteiger partial charge in [0.05, 0.1) is 10.0 Å². The van der Waals surface area contributed by atoms with Crippen LogP contribution in [0.25, 0.3) is 0 Å². The Morgan fingerprint density at radius 3 is 2.35 bits per heavy atom. The van der Waals surface area contributed by atoms with Gasteiger partial charge in [-0.1, -0.05) is 23.2 Å². The summed E-state index contributed by atoms with van der Waals surface area (Å²) < 4.78 is 32.3. The maximum Gasteiger partial charge on any atom is 0.243 e. The lowest BCUT2D eigenvalue weighted by molar-refractivity contribution is 0.0678. The standard InChI is InChI=1S/C12H16Cl2N2O3S/c13-10-5-9(15)6-11(14)12(10)20(17,18)16-7-8-1-3-19-4-2-8/h5-6,8,16H,1-4,7,15H2. The Bertz CT molecular complexity index is 563. The number of nitrogens with two attached hydrogens (primary N) is 1. The molecule has 0 spiro atoms. The van der Waals surface area contributed by atoms with Crippen LogP contribution in [0.2, 0.25) is 10.0 Å². The van der Waals surface area contributed by atoms with Gasteiger partial charge in [0.1, 0.15) is 4.90 Å². The monoisotopic (exact) mass is 338 g/mol.